The molecule has 11 nitrogen and oxygen atoms in total. The molecule has 2 amide bonds. The number of nitrogens with zero attached hydrogens (tertiary/aromatic N) is 2. The number of epoxide rings is 1. The fourth-order valence-electron chi connectivity index (χ4n) is 7.96. The molecule has 4 bridgehead atoms. The Balaban J connectivity index is 1.48. The lowest BCUT2D eigenvalue weighted by Gasteiger charge is -2.41. The van der Waals surface area contributed by atoms with E-state index < -0.39 is 59.5 Å². The number of fused-ring (bicyclic) bond motifs is 5. The van der Waals surface area contributed by atoms with Crippen molar-refractivity contribution in [3.8, 4) is 0 Å². The third kappa shape index (κ3) is 9.84. The van der Waals surface area contributed by atoms with E-state index in [9.17, 15) is 24.3 Å². The van der Waals surface area contributed by atoms with Crippen LogP contribution in [-0.2, 0) is 46.2 Å². The first-order chi connectivity index (χ1) is 26.7. The van der Waals surface area contributed by atoms with E-state index >= 15 is 0 Å². The van der Waals surface area contributed by atoms with Crippen LogP contribution in [0.2, 0.25) is 5.02 Å². The number of halogens is 2. The van der Waals surface area contributed by atoms with Gasteiger partial charge in [-0.1, -0.05) is 84.2 Å². The molecule has 3 aliphatic rings. The zero-order valence-electron chi connectivity index (χ0n) is 34.6. The topological polar surface area (TPSA) is 135 Å². The van der Waals surface area contributed by atoms with Gasteiger partial charge in [-0.25, -0.2) is 4.79 Å². The summed E-state index contributed by atoms with van der Waals surface area (Å²) in [5.74, 6) is -2.12. The van der Waals surface area contributed by atoms with Gasteiger partial charge in [0, 0.05) is 43.6 Å². The van der Waals surface area contributed by atoms with E-state index in [4.69, 9.17) is 30.5 Å². The standard InChI is InChI=1S/C44H56BrClN2O9/c1-24(2)16-30-14-15-31(20-32(30)45)41(51)47(8)28(6)42(52)56-36-21-37(49)48(9)33-19-29(18-26(4)39(33)46)17-25(3)12-11-13-35(54-10)44(53)22-34(55-38(50)23-44)27(5)40-43(36,7)57-40/h11-15,18-20,24,27-28,34-36,40,53H,16-17,21-23H2,1-10H3/b13-11+,25-12+/t27-,28+,34+,35-,36+,40+,43+,44-/m1/s1. The van der Waals surface area contributed by atoms with Crippen molar-refractivity contribution in [2.45, 2.75) is 122 Å². The minimum atomic E-state index is -1.57. The Labute approximate surface area is 349 Å². The van der Waals surface area contributed by atoms with Gasteiger partial charge in [0.2, 0.25) is 5.91 Å². The first-order valence-corrected chi connectivity index (χ1v) is 20.6. The van der Waals surface area contributed by atoms with E-state index in [0.29, 0.717) is 28.6 Å². The molecule has 3 heterocycles. The first kappa shape index (κ1) is 44.6. The lowest BCUT2D eigenvalue weighted by molar-refractivity contribution is -0.187. The highest BCUT2D eigenvalue weighted by Gasteiger charge is 2.64. The van der Waals surface area contributed by atoms with Gasteiger partial charge in [-0.3, -0.25) is 14.4 Å². The van der Waals surface area contributed by atoms with Gasteiger partial charge in [-0.15, -0.1) is 0 Å². The van der Waals surface area contributed by atoms with Crippen molar-refractivity contribution in [3.05, 3.63) is 85.9 Å². The van der Waals surface area contributed by atoms with Crippen molar-refractivity contribution in [2.75, 3.05) is 26.1 Å². The molecule has 0 aromatic heterocycles. The molecule has 2 aromatic rings. The fraction of sp³-hybridized carbons (Fsp3) is 0.545. The van der Waals surface area contributed by atoms with Crippen molar-refractivity contribution in [1.82, 2.24) is 4.90 Å². The van der Waals surface area contributed by atoms with E-state index in [1.807, 2.05) is 51.1 Å². The number of esters is 2. The van der Waals surface area contributed by atoms with Gasteiger partial charge in [0.05, 0.1) is 29.7 Å². The van der Waals surface area contributed by atoms with E-state index in [-0.39, 0.29) is 31.1 Å². The maximum atomic E-state index is 14.2. The van der Waals surface area contributed by atoms with Crippen molar-refractivity contribution in [2.24, 2.45) is 11.8 Å². The van der Waals surface area contributed by atoms with Gasteiger partial charge in [0.15, 0.2) is 0 Å². The summed E-state index contributed by atoms with van der Waals surface area (Å²) in [5, 5.41) is 12.3. The van der Waals surface area contributed by atoms with Gasteiger partial charge in [-0.05, 0) is 81.3 Å². The second-order valence-electron chi connectivity index (χ2n) is 16.6. The number of hydrogen-bond acceptors (Lipinski definition) is 9. The van der Waals surface area contributed by atoms with Crippen LogP contribution in [-0.4, -0.2) is 96.6 Å². The summed E-state index contributed by atoms with van der Waals surface area (Å²) < 4.78 is 24.9. The third-order valence-corrected chi connectivity index (χ3v) is 12.9. The monoisotopic (exact) mass is 870 g/mol. The van der Waals surface area contributed by atoms with E-state index in [2.05, 4.69) is 29.8 Å². The number of anilines is 1. The minimum absolute atomic E-state index is 0.0651. The number of rotatable bonds is 7. The number of aliphatic hydroxyl groups is 1. The molecule has 57 heavy (non-hydrogen) atoms. The number of carbonyl (C=O) groups is 4. The van der Waals surface area contributed by atoms with Gasteiger partial charge >= 0.3 is 11.9 Å². The molecule has 310 valence electrons. The summed E-state index contributed by atoms with van der Waals surface area (Å²) >= 11 is 10.4. The van der Waals surface area contributed by atoms with Gasteiger partial charge < -0.3 is 33.9 Å². The summed E-state index contributed by atoms with van der Waals surface area (Å²) in [6.07, 6.45) is 3.02. The maximum Gasteiger partial charge on any atom is 0.328 e. The normalized spacial score (nSPS) is 30.1. The Hall–Kier alpha value is -3.55. The van der Waals surface area contributed by atoms with Crippen LogP contribution < -0.4 is 4.90 Å². The van der Waals surface area contributed by atoms with Crippen LogP contribution in [0.15, 0.2) is 58.6 Å². The Morgan fingerprint density at radius 3 is 2.51 bits per heavy atom. The molecule has 0 saturated carbocycles. The Morgan fingerprint density at radius 2 is 1.86 bits per heavy atom. The predicted molar refractivity (Wildman–Crippen MR) is 222 cm³/mol. The van der Waals surface area contributed by atoms with Crippen molar-refractivity contribution >= 4 is 57.0 Å². The average molecular weight is 872 g/mol. The molecule has 0 aliphatic carbocycles. The number of methoxy groups -OCH3 is 1. The summed E-state index contributed by atoms with van der Waals surface area (Å²) in [6.45, 7) is 13.3. The predicted octanol–water partition coefficient (Wildman–Crippen LogP) is 7.34. The van der Waals surface area contributed by atoms with Gasteiger partial charge in [0.25, 0.3) is 5.91 Å². The Bertz CT molecular complexity index is 1950. The molecular formula is C44H56BrClN2O9. The van der Waals surface area contributed by atoms with Crippen LogP contribution in [0.3, 0.4) is 0 Å². The number of aryl methyl sites for hydroxylation is 1. The van der Waals surface area contributed by atoms with E-state index in [1.54, 1.807) is 39.1 Å². The molecule has 2 fully saturated rings. The lowest BCUT2D eigenvalue weighted by atomic mass is 9.78. The second-order valence-corrected chi connectivity index (χ2v) is 17.9. The molecule has 13 heteroatoms. The molecule has 8 atom stereocenters. The molecule has 3 aliphatic heterocycles. The highest BCUT2D eigenvalue weighted by molar-refractivity contribution is 9.10. The van der Waals surface area contributed by atoms with Crippen LogP contribution in [0.25, 0.3) is 0 Å². The molecule has 5 rings (SSSR count). The third-order valence-electron chi connectivity index (χ3n) is 11.6. The maximum absolute atomic E-state index is 14.2. The SMILES string of the molecule is CO[C@@H]1/C=C/C=C(\C)Cc2cc(C)c(Cl)c(c2)N(C)C(=O)C[C@H](OC(=O)[C@H](C)N(C)C(=O)c2ccc(CC(C)C)c(Br)c2)[C@]2(C)O[C@H]2[C@H](C)[C@@H]2C[C@@]1(O)CC(=O)O2. The van der Waals surface area contributed by atoms with Crippen LogP contribution in [0.1, 0.15) is 87.9 Å². The van der Waals surface area contributed by atoms with Crippen LogP contribution in [0.4, 0.5) is 5.69 Å². The number of ether oxygens (including phenoxy) is 4. The van der Waals surface area contributed by atoms with Gasteiger partial charge in [-0.2, -0.15) is 0 Å². The number of hydrogen-bond donors (Lipinski definition) is 1. The van der Waals surface area contributed by atoms with Crippen molar-refractivity contribution < 1.29 is 43.2 Å². The van der Waals surface area contributed by atoms with Gasteiger partial charge in [0.1, 0.15) is 35.6 Å². The molecular weight excluding hydrogens is 816 g/mol. The molecule has 2 aromatic carbocycles. The molecule has 2 saturated heterocycles. The van der Waals surface area contributed by atoms with E-state index in [0.717, 1.165) is 33.2 Å². The van der Waals surface area contributed by atoms with Crippen LogP contribution in [0.5, 0.6) is 0 Å². The molecule has 0 spiro atoms. The number of allylic oxidation sites excluding steroid dienone is 3. The number of benzene rings is 2. The van der Waals surface area contributed by atoms with Crippen LogP contribution >= 0.6 is 27.5 Å². The highest BCUT2D eigenvalue weighted by Crippen LogP contribution is 2.49. The summed E-state index contributed by atoms with van der Waals surface area (Å²) in [7, 11) is 4.64. The highest BCUT2D eigenvalue weighted by atomic mass is 79.9. The molecule has 0 radical (unpaired) electrons. The molecule has 0 unspecified atom stereocenters. The quantitative estimate of drug-likeness (QED) is 0.224. The Kier molecular flexibility index (Phi) is 13.9. The Morgan fingerprint density at radius 1 is 1.16 bits per heavy atom. The zero-order chi connectivity index (χ0) is 42.1. The number of amides is 2. The van der Waals surface area contributed by atoms with E-state index in [1.165, 1.54) is 24.0 Å². The largest absolute Gasteiger partial charge is 0.462 e. The number of likely N-dealkylation sites (N-methyl/N-ethyl adjacent to an activating group) is 1. The summed E-state index contributed by atoms with van der Waals surface area (Å²) in [5.41, 5.74) is 1.91. The van der Waals surface area contributed by atoms with Crippen molar-refractivity contribution in [1.29, 1.82) is 0 Å². The first-order valence-electron chi connectivity index (χ1n) is 19.5. The minimum Gasteiger partial charge on any atom is -0.462 e. The second kappa shape index (κ2) is 17.7. The number of carbonyl (C=O) groups excluding carboxylic acids is 4. The summed E-state index contributed by atoms with van der Waals surface area (Å²) in [6, 6.07) is 8.21. The summed E-state index contributed by atoms with van der Waals surface area (Å²) in [4.78, 5) is 57.7. The molecule has 1 N–H and O–H groups in total. The fourth-order valence-corrected chi connectivity index (χ4v) is 8.73. The van der Waals surface area contributed by atoms with Crippen molar-refractivity contribution in [3.63, 3.8) is 0 Å². The lowest BCUT2D eigenvalue weighted by Crippen LogP contribution is -2.53. The zero-order valence-corrected chi connectivity index (χ0v) is 36.9. The average Bonchev–Trinajstić information content (AvgIpc) is 3.84. The smallest absolute Gasteiger partial charge is 0.328 e. The van der Waals surface area contributed by atoms with Crippen LogP contribution in [0, 0.1) is 18.8 Å².